The maximum absolute atomic E-state index is 12.4. The van der Waals surface area contributed by atoms with Gasteiger partial charge in [0.2, 0.25) is 0 Å². The molecular weight excluding hydrogens is 456 g/mol. The number of fused-ring (bicyclic) bond motifs is 1. The van der Waals surface area contributed by atoms with E-state index in [1.807, 2.05) is 42.9 Å². The van der Waals surface area contributed by atoms with Crippen LogP contribution in [0.5, 0.6) is 0 Å². The van der Waals surface area contributed by atoms with Gasteiger partial charge in [-0.15, -0.1) is 11.3 Å². The minimum atomic E-state index is -0.873. The Morgan fingerprint density at radius 3 is 2.42 bits per heavy atom. The molecule has 8 heteroatoms. The van der Waals surface area contributed by atoms with Gasteiger partial charge in [0.15, 0.2) is 0 Å². The number of aliphatic hydroxyl groups is 1. The molecule has 0 spiro atoms. The van der Waals surface area contributed by atoms with Crippen LogP contribution in [0.1, 0.15) is 22.2 Å². The fourth-order valence-electron chi connectivity index (χ4n) is 3.44. The van der Waals surface area contributed by atoms with Crippen molar-refractivity contribution in [2.45, 2.75) is 13.0 Å². The maximum Gasteiger partial charge on any atom is 0.251 e. The molecule has 168 valence electrons. The van der Waals surface area contributed by atoms with Gasteiger partial charge in [-0.25, -0.2) is 4.98 Å². The molecule has 1 atom stereocenters. The minimum absolute atomic E-state index is 0.0867. The Kier molecular flexibility index (Phi) is 6.74. The van der Waals surface area contributed by atoms with E-state index in [0.29, 0.717) is 16.3 Å². The van der Waals surface area contributed by atoms with Crippen LogP contribution in [0.15, 0.2) is 78.2 Å². The number of nitrogens with zero attached hydrogens (tertiary/aromatic N) is 4. The van der Waals surface area contributed by atoms with Crippen LogP contribution < -0.4 is 5.56 Å². The highest BCUT2D eigenvalue weighted by Gasteiger charge is 2.16. The second kappa shape index (κ2) is 9.70. The number of pyridine rings is 2. The fourth-order valence-corrected chi connectivity index (χ4v) is 4.46. The van der Waals surface area contributed by atoms with E-state index >= 15 is 0 Å². The summed E-state index contributed by atoms with van der Waals surface area (Å²) in [6.07, 6.45) is 6.16. The standard InChI is InChI=1S/C21H17ClN2O2S.C4H6N2/c1-12-3-8-19(27-12)16-10-20(25)24(2)18-11-23-17(9-15(16)18)21(26)13-4-6-14(22)7-5-13;1-6-3-2-5-4-6/h3-11,21,26H,1-2H3;2-4H,1H3. The Labute approximate surface area is 200 Å². The molecule has 0 aliphatic carbocycles. The van der Waals surface area contributed by atoms with Gasteiger partial charge in [0, 0.05) is 58.3 Å². The van der Waals surface area contributed by atoms with E-state index in [-0.39, 0.29) is 5.56 Å². The van der Waals surface area contributed by atoms with Gasteiger partial charge in [-0.2, -0.15) is 0 Å². The lowest BCUT2D eigenvalue weighted by molar-refractivity contribution is 0.215. The van der Waals surface area contributed by atoms with Crippen LogP contribution in [-0.2, 0) is 14.1 Å². The third kappa shape index (κ3) is 5.06. The molecule has 1 unspecified atom stereocenters. The number of hydrogen-bond donors (Lipinski definition) is 1. The van der Waals surface area contributed by atoms with E-state index in [1.165, 1.54) is 4.88 Å². The van der Waals surface area contributed by atoms with E-state index in [0.717, 1.165) is 21.3 Å². The summed E-state index contributed by atoms with van der Waals surface area (Å²) in [5.41, 5.74) is 2.74. The van der Waals surface area contributed by atoms with Crippen molar-refractivity contribution in [2.24, 2.45) is 14.1 Å². The molecule has 0 radical (unpaired) electrons. The van der Waals surface area contributed by atoms with Crippen molar-refractivity contribution in [1.29, 1.82) is 0 Å². The van der Waals surface area contributed by atoms with Crippen molar-refractivity contribution in [3.63, 3.8) is 0 Å². The number of benzene rings is 1. The third-order valence-corrected chi connectivity index (χ3v) is 6.55. The maximum atomic E-state index is 12.4. The zero-order valence-electron chi connectivity index (χ0n) is 18.4. The first kappa shape index (κ1) is 22.9. The first-order valence-corrected chi connectivity index (χ1v) is 11.4. The number of halogens is 1. The third-order valence-electron chi connectivity index (χ3n) is 5.26. The molecule has 0 saturated carbocycles. The lowest BCUT2D eigenvalue weighted by Gasteiger charge is -2.14. The van der Waals surface area contributed by atoms with Gasteiger partial charge in [0.1, 0.15) is 6.10 Å². The topological polar surface area (TPSA) is 72.9 Å². The smallest absolute Gasteiger partial charge is 0.251 e. The van der Waals surface area contributed by atoms with Gasteiger partial charge in [-0.3, -0.25) is 9.78 Å². The Morgan fingerprint density at radius 2 is 1.85 bits per heavy atom. The van der Waals surface area contributed by atoms with Gasteiger partial charge >= 0.3 is 0 Å². The van der Waals surface area contributed by atoms with E-state index < -0.39 is 6.10 Å². The zero-order chi connectivity index (χ0) is 23.5. The van der Waals surface area contributed by atoms with Crippen LogP contribution in [0.25, 0.3) is 21.3 Å². The Bertz CT molecular complexity index is 1440. The largest absolute Gasteiger partial charge is 0.382 e. The normalized spacial score (nSPS) is 11.8. The van der Waals surface area contributed by atoms with Gasteiger partial charge < -0.3 is 14.2 Å². The van der Waals surface area contributed by atoms with Gasteiger partial charge in [0.05, 0.1) is 23.7 Å². The highest BCUT2D eigenvalue weighted by Crippen LogP contribution is 2.33. The summed E-state index contributed by atoms with van der Waals surface area (Å²) < 4.78 is 3.46. The predicted octanol–water partition coefficient (Wildman–Crippen LogP) is 5.13. The summed E-state index contributed by atoms with van der Waals surface area (Å²) in [7, 11) is 3.66. The average Bonchev–Trinajstić information content (AvgIpc) is 3.47. The summed E-state index contributed by atoms with van der Waals surface area (Å²) in [6, 6.07) is 14.6. The second-order valence-corrected chi connectivity index (χ2v) is 9.40. The summed E-state index contributed by atoms with van der Waals surface area (Å²) in [5, 5.41) is 12.3. The van der Waals surface area contributed by atoms with Gasteiger partial charge in [-0.05, 0) is 42.8 Å². The number of rotatable bonds is 3. The first-order chi connectivity index (χ1) is 15.8. The van der Waals surface area contributed by atoms with E-state index in [4.69, 9.17) is 11.6 Å². The molecule has 6 nitrogen and oxygen atoms in total. The number of aromatic nitrogens is 4. The summed E-state index contributed by atoms with van der Waals surface area (Å²) in [4.78, 5) is 22.8. The van der Waals surface area contributed by atoms with Crippen LogP contribution in [0, 0.1) is 6.92 Å². The Hall–Kier alpha value is -3.26. The van der Waals surface area contributed by atoms with Crippen molar-refractivity contribution < 1.29 is 5.11 Å². The van der Waals surface area contributed by atoms with Crippen LogP contribution >= 0.6 is 22.9 Å². The van der Waals surface area contributed by atoms with E-state index in [9.17, 15) is 9.90 Å². The molecule has 4 aromatic heterocycles. The van der Waals surface area contributed by atoms with Crippen molar-refractivity contribution in [3.05, 3.63) is 105 Å². The Morgan fingerprint density at radius 1 is 1.09 bits per heavy atom. The molecule has 0 bridgehead atoms. The van der Waals surface area contributed by atoms with Crippen LogP contribution in [0.3, 0.4) is 0 Å². The molecule has 5 aromatic rings. The highest BCUT2D eigenvalue weighted by molar-refractivity contribution is 7.15. The lowest BCUT2D eigenvalue weighted by atomic mass is 10.0. The average molecular weight is 479 g/mol. The van der Waals surface area contributed by atoms with E-state index in [1.54, 1.807) is 72.0 Å². The predicted molar refractivity (Wildman–Crippen MR) is 134 cm³/mol. The molecule has 1 N–H and O–H groups in total. The van der Waals surface area contributed by atoms with Crippen LogP contribution in [0.2, 0.25) is 5.02 Å². The van der Waals surface area contributed by atoms with Gasteiger partial charge in [0.25, 0.3) is 5.56 Å². The molecular formula is C25H23ClN4O2S. The van der Waals surface area contributed by atoms with E-state index in [2.05, 4.69) is 9.97 Å². The molecule has 0 aliphatic rings. The molecule has 0 aliphatic heterocycles. The lowest BCUT2D eigenvalue weighted by Crippen LogP contribution is -2.17. The van der Waals surface area contributed by atoms with Crippen LogP contribution in [0.4, 0.5) is 0 Å². The Balaban J connectivity index is 0.000000376. The number of thiophene rings is 1. The van der Waals surface area contributed by atoms with Crippen LogP contribution in [-0.4, -0.2) is 24.2 Å². The summed E-state index contributed by atoms with van der Waals surface area (Å²) >= 11 is 7.57. The zero-order valence-corrected chi connectivity index (χ0v) is 20.0. The summed E-state index contributed by atoms with van der Waals surface area (Å²) in [6.45, 7) is 2.04. The molecule has 1 aromatic carbocycles. The molecule has 0 amide bonds. The number of aliphatic hydroxyl groups excluding tert-OH is 1. The summed E-state index contributed by atoms with van der Waals surface area (Å²) in [5.74, 6) is 0. The van der Waals surface area contributed by atoms with Crippen molar-refractivity contribution in [1.82, 2.24) is 19.1 Å². The second-order valence-electron chi connectivity index (χ2n) is 7.67. The molecule has 4 heterocycles. The number of imidazole rings is 1. The SMILES string of the molecule is Cc1ccc(-c2cc(=O)n(C)c3cnc(C(O)c4ccc(Cl)cc4)cc23)s1.Cn1ccnc1. The van der Waals surface area contributed by atoms with Crippen molar-refractivity contribution in [3.8, 4) is 10.4 Å². The highest BCUT2D eigenvalue weighted by atomic mass is 35.5. The quantitative estimate of drug-likeness (QED) is 0.390. The molecule has 0 saturated heterocycles. The minimum Gasteiger partial charge on any atom is -0.382 e. The number of hydrogen-bond acceptors (Lipinski definition) is 5. The number of aryl methyl sites for hydroxylation is 3. The van der Waals surface area contributed by atoms with Crippen molar-refractivity contribution >= 4 is 33.8 Å². The fraction of sp³-hybridized carbons (Fsp3) is 0.160. The molecule has 0 fully saturated rings. The molecule has 33 heavy (non-hydrogen) atoms. The monoisotopic (exact) mass is 478 g/mol. The molecule has 5 rings (SSSR count). The van der Waals surface area contributed by atoms with Crippen molar-refractivity contribution in [2.75, 3.05) is 0 Å². The van der Waals surface area contributed by atoms with Gasteiger partial charge in [-0.1, -0.05) is 23.7 Å². The first-order valence-electron chi connectivity index (χ1n) is 10.3.